The number of likely N-dealkylation sites (tertiary alicyclic amines) is 2. The Kier molecular flexibility index (Phi) is 3.73. The third-order valence-electron chi connectivity index (χ3n) is 4.38. The fourth-order valence-corrected chi connectivity index (χ4v) is 3.43. The first-order valence-electron chi connectivity index (χ1n) is 7.33. The van der Waals surface area contributed by atoms with Crippen LogP contribution in [0, 0.1) is 0 Å². The Bertz CT molecular complexity index is 558. The molecule has 0 saturated carbocycles. The van der Waals surface area contributed by atoms with Crippen LogP contribution in [-0.2, 0) is 4.79 Å². The summed E-state index contributed by atoms with van der Waals surface area (Å²) in [6.07, 6.45) is 7.12. The summed E-state index contributed by atoms with van der Waals surface area (Å²) in [6.45, 7) is 4.99. The van der Waals surface area contributed by atoms with Gasteiger partial charge in [0, 0.05) is 31.9 Å². The Morgan fingerprint density at radius 1 is 1.43 bits per heavy atom. The lowest BCUT2D eigenvalue weighted by atomic mass is 9.96. The SMILES string of the molecule is C=CCN1C(=O)CC[C@@H]2[C@H]1CCN2C(=O)c1cccnc1. The first kappa shape index (κ1) is 13.8. The minimum atomic E-state index is 0.0171. The second kappa shape index (κ2) is 5.68. The summed E-state index contributed by atoms with van der Waals surface area (Å²) in [5.41, 5.74) is 0.616. The number of piperidine rings is 1. The van der Waals surface area contributed by atoms with E-state index in [1.165, 1.54) is 0 Å². The van der Waals surface area contributed by atoms with Crippen molar-refractivity contribution in [3.05, 3.63) is 42.7 Å². The predicted molar refractivity (Wildman–Crippen MR) is 78.6 cm³/mol. The molecule has 110 valence electrons. The van der Waals surface area contributed by atoms with Crippen molar-refractivity contribution in [2.45, 2.75) is 31.3 Å². The molecule has 2 saturated heterocycles. The van der Waals surface area contributed by atoms with Crippen LogP contribution in [-0.4, -0.2) is 51.8 Å². The number of hydrogen-bond acceptors (Lipinski definition) is 3. The van der Waals surface area contributed by atoms with Gasteiger partial charge in [-0.2, -0.15) is 0 Å². The fourth-order valence-electron chi connectivity index (χ4n) is 3.43. The standard InChI is InChI=1S/C16H19N3O2/c1-2-9-18-14-7-10-19(13(14)5-6-15(18)20)16(21)12-4-3-8-17-11-12/h2-4,8,11,13-14H,1,5-7,9-10H2/t13-,14-/m1/s1. The lowest BCUT2D eigenvalue weighted by Gasteiger charge is -2.39. The van der Waals surface area contributed by atoms with E-state index < -0.39 is 0 Å². The van der Waals surface area contributed by atoms with E-state index in [0.717, 1.165) is 12.8 Å². The summed E-state index contributed by atoms with van der Waals surface area (Å²) in [4.78, 5) is 32.4. The molecular weight excluding hydrogens is 266 g/mol. The molecule has 0 N–H and O–H groups in total. The number of amides is 2. The van der Waals surface area contributed by atoms with Crippen LogP contribution in [0.1, 0.15) is 29.6 Å². The number of pyridine rings is 1. The first-order chi connectivity index (χ1) is 10.2. The summed E-state index contributed by atoms with van der Waals surface area (Å²) < 4.78 is 0. The van der Waals surface area contributed by atoms with Crippen molar-refractivity contribution >= 4 is 11.8 Å². The minimum absolute atomic E-state index is 0.0171. The van der Waals surface area contributed by atoms with Crippen LogP contribution >= 0.6 is 0 Å². The number of rotatable bonds is 3. The molecule has 0 bridgehead atoms. The van der Waals surface area contributed by atoms with Crippen molar-refractivity contribution < 1.29 is 9.59 Å². The van der Waals surface area contributed by atoms with E-state index in [-0.39, 0.29) is 23.9 Å². The molecular formula is C16H19N3O2. The molecule has 21 heavy (non-hydrogen) atoms. The van der Waals surface area contributed by atoms with Gasteiger partial charge in [-0.15, -0.1) is 6.58 Å². The van der Waals surface area contributed by atoms with Gasteiger partial charge < -0.3 is 9.80 Å². The van der Waals surface area contributed by atoms with Gasteiger partial charge in [-0.25, -0.2) is 0 Å². The molecule has 1 aromatic rings. The third-order valence-corrected chi connectivity index (χ3v) is 4.38. The van der Waals surface area contributed by atoms with Gasteiger partial charge in [-0.3, -0.25) is 14.6 Å². The zero-order valence-corrected chi connectivity index (χ0v) is 11.9. The number of aromatic nitrogens is 1. The molecule has 2 amide bonds. The van der Waals surface area contributed by atoms with Gasteiger partial charge in [-0.1, -0.05) is 6.08 Å². The fraction of sp³-hybridized carbons (Fsp3) is 0.438. The van der Waals surface area contributed by atoms with Gasteiger partial charge in [0.25, 0.3) is 5.91 Å². The first-order valence-corrected chi connectivity index (χ1v) is 7.33. The molecule has 5 nitrogen and oxygen atoms in total. The summed E-state index contributed by atoms with van der Waals surface area (Å²) in [6, 6.07) is 3.81. The molecule has 0 radical (unpaired) electrons. The van der Waals surface area contributed by atoms with Crippen LogP contribution in [0.3, 0.4) is 0 Å². The van der Waals surface area contributed by atoms with E-state index in [9.17, 15) is 9.59 Å². The third kappa shape index (κ3) is 2.44. The van der Waals surface area contributed by atoms with Crippen molar-refractivity contribution in [3.63, 3.8) is 0 Å². The monoisotopic (exact) mass is 285 g/mol. The molecule has 0 unspecified atom stereocenters. The second-order valence-electron chi connectivity index (χ2n) is 5.54. The number of carbonyl (C=O) groups excluding carboxylic acids is 2. The summed E-state index contributed by atoms with van der Waals surface area (Å²) in [7, 11) is 0. The van der Waals surface area contributed by atoms with E-state index >= 15 is 0 Å². The average molecular weight is 285 g/mol. The molecule has 3 heterocycles. The maximum Gasteiger partial charge on any atom is 0.255 e. The smallest absolute Gasteiger partial charge is 0.255 e. The molecule has 0 aliphatic carbocycles. The van der Waals surface area contributed by atoms with E-state index in [0.29, 0.717) is 25.1 Å². The highest BCUT2D eigenvalue weighted by Gasteiger charge is 2.44. The molecule has 2 aliphatic rings. The van der Waals surface area contributed by atoms with Crippen LogP contribution < -0.4 is 0 Å². The summed E-state index contributed by atoms with van der Waals surface area (Å²) in [5, 5.41) is 0. The van der Waals surface area contributed by atoms with E-state index in [1.54, 1.807) is 30.6 Å². The van der Waals surface area contributed by atoms with Gasteiger partial charge >= 0.3 is 0 Å². The van der Waals surface area contributed by atoms with Crippen LogP contribution in [0.15, 0.2) is 37.2 Å². The number of hydrogen-bond donors (Lipinski definition) is 0. The molecule has 1 aromatic heterocycles. The highest BCUT2D eigenvalue weighted by molar-refractivity contribution is 5.94. The number of nitrogens with zero attached hydrogens (tertiary/aromatic N) is 3. The van der Waals surface area contributed by atoms with Crippen molar-refractivity contribution in [2.24, 2.45) is 0 Å². The minimum Gasteiger partial charge on any atom is -0.334 e. The number of fused-ring (bicyclic) bond motifs is 1. The quantitative estimate of drug-likeness (QED) is 0.790. The van der Waals surface area contributed by atoms with Gasteiger partial charge in [0.15, 0.2) is 0 Å². The van der Waals surface area contributed by atoms with Crippen LogP contribution in [0.4, 0.5) is 0 Å². The lowest BCUT2D eigenvalue weighted by molar-refractivity contribution is -0.136. The van der Waals surface area contributed by atoms with Gasteiger partial charge in [-0.05, 0) is 25.0 Å². The van der Waals surface area contributed by atoms with Crippen LogP contribution in [0.2, 0.25) is 0 Å². The molecule has 3 rings (SSSR count). The maximum atomic E-state index is 12.6. The molecule has 5 heteroatoms. The highest BCUT2D eigenvalue weighted by atomic mass is 16.2. The Balaban J connectivity index is 1.80. The molecule has 0 aromatic carbocycles. The zero-order chi connectivity index (χ0) is 14.8. The molecule has 2 fully saturated rings. The number of carbonyl (C=O) groups is 2. The van der Waals surface area contributed by atoms with Crippen LogP contribution in [0.25, 0.3) is 0 Å². The molecule has 0 spiro atoms. The summed E-state index contributed by atoms with van der Waals surface area (Å²) >= 11 is 0. The van der Waals surface area contributed by atoms with Gasteiger partial charge in [0.05, 0.1) is 17.6 Å². The molecule has 2 aliphatic heterocycles. The lowest BCUT2D eigenvalue weighted by Crippen LogP contribution is -2.53. The van der Waals surface area contributed by atoms with Crippen molar-refractivity contribution in [3.8, 4) is 0 Å². The Morgan fingerprint density at radius 3 is 3.00 bits per heavy atom. The maximum absolute atomic E-state index is 12.6. The average Bonchev–Trinajstić information content (AvgIpc) is 2.94. The normalized spacial score (nSPS) is 24.9. The Morgan fingerprint density at radius 2 is 2.29 bits per heavy atom. The Labute approximate surface area is 124 Å². The second-order valence-corrected chi connectivity index (χ2v) is 5.54. The van der Waals surface area contributed by atoms with Crippen LogP contribution in [0.5, 0.6) is 0 Å². The zero-order valence-electron chi connectivity index (χ0n) is 11.9. The highest BCUT2D eigenvalue weighted by Crippen LogP contribution is 2.32. The predicted octanol–water partition coefficient (Wildman–Crippen LogP) is 1.47. The van der Waals surface area contributed by atoms with Gasteiger partial charge in [0.1, 0.15) is 0 Å². The topological polar surface area (TPSA) is 53.5 Å². The Hall–Kier alpha value is -2.17. The van der Waals surface area contributed by atoms with Gasteiger partial charge in [0.2, 0.25) is 5.91 Å². The largest absolute Gasteiger partial charge is 0.334 e. The van der Waals surface area contributed by atoms with E-state index in [2.05, 4.69) is 11.6 Å². The van der Waals surface area contributed by atoms with E-state index in [1.807, 2.05) is 9.80 Å². The van der Waals surface area contributed by atoms with Crippen molar-refractivity contribution in [1.82, 2.24) is 14.8 Å². The summed E-state index contributed by atoms with van der Waals surface area (Å²) in [5.74, 6) is 0.190. The van der Waals surface area contributed by atoms with E-state index in [4.69, 9.17) is 0 Å². The molecule has 2 atom stereocenters. The van der Waals surface area contributed by atoms with Crippen molar-refractivity contribution in [1.29, 1.82) is 0 Å². The van der Waals surface area contributed by atoms with Crippen molar-refractivity contribution in [2.75, 3.05) is 13.1 Å².